The van der Waals surface area contributed by atoms with Crippen LogP contribution in [0.15, 0.2) is 42.5 Å². The third-order valence-corrected chi connectivity index (χ3v) is 5.24. The smallest absolute Gasteiger partial charge is 0.159 e. The van der Waals surface area contributed by atoms with Crippen LogP contribution in [-0.4, -0.2) is 24.5 Å². The number of nitrogens with two attached hydrogens (primary N) is 1. The minimum atomic E-state index is -0.899. The van der Waals surface area contributed by atoms with Crippen molar-refractivity contribution in [1.82, 2.24) is 0 Å². The molecule has 1 saturated heterocycles. The molecule has 146 valence electrons. The van der Waals surface area contributed by atoms with Gasteiger partial charge in [-0.15, -0.1) is 0 Å². The van der Waals surface area contributed by atoms with Gasteiger partial charge in [-0.1, -0.05) is 30.3 Å². The largest absolute Gasteiger partial charge is 0.381 e. The van der Waals surface area contributed by atoms with Crippen LogP contribution in [0, 0.1) is 28.9 Å². The maximum atomic E-state index is 13.4. The lowest BCUT2D eigenvalue weighted by Crippen LogP contribution is -2.52. The number of nitriles is 1. The first kappa shape index (κ1) is 20.1. The molecule has 0 bridgehead atoms. The van der Waals surface area contributed by atoms with Gasteiger partial charge in [0.25, 0.3) is 0 Å². The molecule has 0 unspecified atom stereocenters. The Morgan fingerprint density at radius 2 is 1.75 bits per heavy atom. The molecule has 1 heterocycles. The fraction of sp³-hybridized carbons (Fsp3) is 0.364. The second-order valence-electron chi connectivity index (χ2n) is 7.25. The summed E-state index contributed by atoms with van der Waals surface area (Å²) in [4.78, 5) is 12.6. The lowest BCUT2D eigenvalue weighted by atomic mass is 9.81. The summed E-state index contributed by atoms with van der Waals surface area (Å²) in [6, 6.07) is 13.2. The molecule has 0 aliphatic carbocycles. The van der Waals surface area contributed by atoms with Crippen molar-refractivity contribution < 1.29 is 18.3 Å². The van der Waals surface area contributed by atoms with Crippen molar-refractivity contribution in [2.45, 2.75) is 31.2 Å². The van der Waals surface area contributed by atoms with E-state index in [4.69, 9.17) is 10.5 Å². The summed E-state index contributed by atoms with van der Waals surface area (Å²) in [6.45, 7) is 0.926. The molecule has 3 rings (SSSR count). The van der Waals surface area contributed by atoms with E-state index in [1.165, 1.54) is 6.07 Å². The first-order valence-corrected chi connectivity index (χ1v) is 9.25. The van der Waals surface area contributed by atoms with Crippen LogP contribution in [0.1, 0.15) is 24.8 Å². The molecule has 4 nitrogen and oxygen atoms in total. The lowest BCUT2D eigenvalue weighted by molar-refractivity contribution is -0.128. The van der Waals surface area contributed by atoms with Crippen LogP contribution >= 0.6 is 0 Å². The molecular formula is C22H22F2N2O2. The van der Waals surface area contributed by atoms with Gasteiger partial charge >= 0.3 is 0 Å². The number of ketones is 1. The van der Waals surface area contributed by atoms with E-state index in [2.05, 4.69) is 6.07 Å². The van der Waals surface area contributed by atoms with E-state index >= 15 is 0 Å². The van der Waals surface area contributed by atoms with E-state index < -0.39 is 23.1 Å². The maximum absolute atomic E-state index is 13.4. The number of carbonyl (C=O) groups is 1. The number of nitrogens with zero attached hydrogens (tertiary/aromatic N) is 1. The topological polar surface area (TPSA) is 76.1 Å². The zero-order valence-corrected chi connectivity index (χ0v) is 15.5. The van der Waals surface area contributed by atoms with Gasteiger partial charge < -0.3 is 10.5 Å². The normalized spacial score (nSPS) is 16.9. The number of hydrogen-bond acceptors (Lipinski definition) is 4. The molecule has 2 aromatic carbocycles. The highest BCUT2D eigenvalue weighted by atomic mass is 19.2. The van der Waals surface area contributed by atoms with E-state index in [0.29, 0.717) is 38.0 Å². The van der Waals surface area contributed by atoms with Crippen molar-refractivity contribution in [3.05, 3.63) is 59.7 Å². The van der Waals surface area contributed by atoms with Gasteiger partial charge in [-0.25, -0.2) is 8.78 Å². The highest BCUT2D eigenvalue weighted by molar-refractivity contribution is 5.88. The summed E-state index contributed by atoms with van der Waals surface area (Å²) >= 11 is 0. The Hall–Kier alpha value is -2.62. The summed E-state index contributed by atoms with van der Waals surface area (Å²) in [7, 11) is 0. The Morgan fingerprint density at radius 3 is 2.36 bits per heavy atom. The second-order valence-corrected chi connectivity index (χ2v) is 7.25. The van der Waals surface area contributed by atoms with Crippen LogP contribution in [-0.2, 0) is 16.0 Å². The van der Waals surface area contributed by atoms with Gasteiger partial charge in [-0.3, -0.25) is 4.79 Å². The van der Waals surface area contributed by atoms with Crippen LogP contribution in [0.3, 0.4) is 0 Å². The molecule has 28 heavy (non-hydrogen) atoms. The quantitative estimate of drug-likeness (QED) is 0.822. The van der Waals surface area contributed by atoms with Gasteiger partial charge in [0.15, 0.2) is 17.4 Å². The number of Topliss-reactive ketones (excluding diaryl/α,β-unsaturated/α-hetero) is 1. The number of ether oxygens (including phenoxy) is 1. The van der Waals surface area contributed by atoms with Gasteiger partial charge in [0.2, 0.25) is 0 Å². The Labute approximate surface area is 162 Å². The zero-order chi connectivity index (χ0) is 20.1. The van der Waals surface area contributed by atoms with Gasteiger partial charge in [0.05, 0.1) is 17.5 Å². The molecule has 1 aliphatic heterocycles. The Bertz CT molecular complexity index is 884. The Morgan fingerprint density at radius 1 is 1.11 bits per heavy atom. The van der Waals surface area contributed by atoms with Gasteiger partial charge in [0, 0.05) is 19.6 Å². The van der Waals surface area contributed by atoms with Gasteiger partial charge in [-0.05, 0) is 48.1 Å². The Kier molecular flexibility index (Phi) is 6.18. The molecule has 0 radical (unpaired) electrons. The van der Waals surface area contributed by atoms with E-state index in [1.54, 1.807) is 12.1 Å². The molecule has 0 amide bonds. The number of carbonyl (C=O) groups excluding carboxylic acids is 1. The fourth-order valence-corrected chi connectivity index (χ4v) is 3.40. The van der Waals surface area contributed by atoms with Crippen LogP contribution in [0.4, 0.5) is 8.78 Å². The number of halogens is 2. The van der Waals surface area contributed by atoms with Crippen molar-refractivity contribution in [3.8, 4) is 17.2 Å². The predicted molar refractivity (Wildman–Crippen MR) is 101 cm³/mol. The first-order valence-electron chi connectivity index (χ1n) is 9.25. The SMILES string of the molecule is N#C[C@@H](CC(=O)C1(N)CCOCC1)Cc1ccc(-c2ccc(F)c(F)c2)cc1. The first-order chi connectivity index (χ1) is 13.4. The molecule has 2 N–H and O–H groups in total. The van der Waals surface area contributed by atoms with E-state index in [1.807, 2.05) is 12.1 Å². The summed E-state index contributed by atoms with van der Waals surface area (Å²) < 4.78 is 31.7. The standard InChI is InChI=1S/C22H22F2N2O2/c23-19-6-5-18(13-20(19)24)17-3-1-15(2-4-17)11-16(14-25)12-21(27)22(26)7-9-28-10-8-22/h1-6,13,16H,7-12,26H2/t16-/m1/s1. The Balaban J connectivity index is 1.65. The molecular weight excluding hydrogens is 362 g/mol. The van der Waals surface area contributed by atoms with E-state index in [9.17, 15) is 18.8 Å². The average molecular weight is 384 g/mol. The van der Waals surface area contributed by atoms with Crippen molar-refractivity contribution in [1.29, 1.82) is 5.26 Å². The van der Waals surface area contributed by atoms with Crippen LogP contribution in [0.25, 0.3) is 11.1 Å². The number of benzene rings is 2. The van der Waals surface area contributed by atoms with Crippen LogP contribution < -0.4 is 5.73 Å². The average Bonchev–Trinajstić information content (AvgIpc) is 2.70. The van der Waals surface area contributed by atoms with Crippen LogP contribution in [0.2, 0.25) is 0 Å². The molecule has 1 aliphatic rings. The van der Waals surface area contributed by atoms with Gasteiger partial charge in [0.1, 0.15) is 0 Å². The third kappa shape index (κ3) is 4.61. The lowest BCUT2D eigenvalue weighted by Gasteiger charge is -2.32. The summed E-state index contributed by atoms with van der Waals surface area (Å²) in [5, 5.41) is 9.46. The summed E-state index contributed by atoms with van der Waals surface area (Å²) in [5.41, 5.74) is 7.52. The number of rotatable bonds is 6. The molecule has 0 saturated carbocycles. The molecule has 0 aromatic heterocycles. The van der Waals surface area contributed by atoms with E-state index in [0.717, 1.165) is 23.3 Å². The van der Waals surface area contributed by atoms with Gasteiger partial charge in [-0.2, -0.15) is 5.26 Å². The highest BCUT2D eigenvalue weighted by Gasteiger charge is 2.36. The molecule has 0 spiro atoms. The van der Waals surface area contributed by atoms with Crippen molar-refractivity contribution >= 4 is 5.78 Å². The maximum Gasteiger partial charge on any atom is 0.159 e. The molecule has 6 heteroatoms. The van der Waals surface area contributed by atoms with Crippen LogP contribution in [0.5, 0.6) is 0 Å². The molecule has 1 atom stereocenters. The number of hydrogen-bond donors (Lipinski definition) is 1. The van der Waals surface area contributed by atoms with Crippen molar-refractivity contribution in [2.24, 2.45) is 11.7 Å². The van der Waals surface area contributed by atoms with Crippen molar-refractivity contribution in [2.75, 3.05) is 13.2 Å². The predicted octanol–water partition coefficient (Wildman–Crippen LogP) is 3.78. The minimum Gasteiger partial charge on any atom is -0.381 e. The minimum absolute atomic E-state index is 0.0965. The molecule has 1 fully saturated rings. The zero-order valence-electron chi connectivity index (χ0n) is 15.5. The van der Waals surface area contributed by atoms with E-state index in [-0.39, 0.29) is 12.2 Å². The monoisotopic (exact) mass is 384 g/mol. The highest BCUT2D eigenvalue weighted by Crippen LogP contribution is 2.25. The third-order valence-electron chi connectivity index (χ3n) is 5.24. The molecule has 2 aromatic rings. The van der Waals surface area contributed by atoms with Crippen molar-refractivity contribution in [3.63, 3.8) is 0 Å². The summed E-state index contributed by atoms with van der Waals surface area (Å²) in [5.74, 6) is -2.34. The summed E-state index contributed by atoms with van der Waals surface area (Å²) in [6.07, 6.45) is 1.49. The fourth-order valence-electron chi connectivity index (χ4n) is 3.40. The second kappa shape index (κ2) is 8.59.